The fraction of sp³-hybridized carbons (Fsp3) is 0.444. The maximum absolute atomic E-state index is 11.5. The third-order valence-corrected chi connectivity index (χ3v) is 4.60. The fourth-order valence-corrected chi connectivity index (χ4v) is 3.20. The van der Waals surface area contributed by atoms with Gasteiger partial charge >= 0.3 is 5.69 Å². The molecule has 0 radical (unpaired) electrons. The van der Waals surface area contributed by atoms with Crippen LogP contribution in [0, 0.1) is 23.0 Å². The number of hydrogen-bond acceptors (Lipinski definition) is 7. The molecule has 1 saturated heterocycles. The summed E-state index contributed by atoms with van der Waals surface area (Å²) in [7, 11) is 0. The van der Waals surface area contributed by atoms with Crippen molar-refractivity contribution in [1.82, 2.24) is 9.97 Å². The van der Waals surface area contributed by atoms with Gasteiger partial charge in [0.1, 0.15) is 0 Å². The molecule has 0 spiro atoms. The summed E-state index contributed by atoms with van der Waals surface area (Å²) in [4.78, 5) is 21.5. The van der Waals surface area contributed by atoms with E-state index in [-0.39, 0.29) is 11.5 Å². The number of aryl methyl sites for hydroxylation is 1. The zero-order chi connectivity index (χ0) is 18.7. The van der Waals surface area contributed by atoms with Gasteiger partial charge in [0.15, 0.2) is 0 Å². The summed E-state index contributed by atoms with van der Waals surface area (Å²) in [6, 6.07) is 8.10. The number of nitrogen functional groups attached to an aromatic ring is 1. The van der Waals surface area contributed by atoms with Crippen molar-refractivity contribution in [3.05, 3.63) is 45.5 Å². The van der Waals surface area contributed by atoms with Gasteiger partial charge in [-0.2, -0.15) is 9.97 Å². The monoisotopic (exact) mass is 356 g/mol. The molecule has 3 N–H and O–H groups in total. The maximum Gasteiger partial charge on any atom is 0.353 e. The summed E-state index contributed by atoms with van der Waals surface area (Å²) in [5, 5.41) is 14.6. The summed E-state index contributed by atoms with van der Waals surface area (Å²) in [6.07, 6.45) is 2.09. The molecule has 0 aliphatic carbocycles. The summed E-state index contributed by atoms with van der Waals surface area (Å²) in [6.45, 7) is 6.16. The van der Waals surface area contributed by atoms with Crippen LogP contribution in [0.3, 0.4) is 0 Å². The molecule has 26 heavy (non-hydrogen) atoms. The first-order chi connectivity index (χ1) is 12.4. The van der Waals surface area contributed by atoms with Crippen LogP contribution in [0.1, 0.15) is 30.9 Å². The molecule has 8 nitrogen and oxygen atoms in total. The Hall–Kier alpha value is -2.90. The molecule has 3 rings (SSSR count). The molecule has 1 unspecified atom stereocenters. The SMILES string of the molecule is Cc1ccc(CNc2nc(N)c([N+](=O)[O-])c(N3CCCC(C)C3)n2)cc1. The normalized spacial score (nSPS) is 17.2. The Morgan fingerprint density at radius 1 is 1.35 bits per heavy atom. The number of anilines is 3. The third-order valence-electron chi connectivity index (χ3n) is 4.60. The molecule has 138 valence electrons. The van der Waals surface area contributed by atoms with Crippen molar-refractivity contribution < 1.29 is 4.92 Å². The van der Waals surface area contributed by atoms with Crippen molar-refractivity contribution in [2.75, 3.05) is 29.0 Å². The molecular weight excluding hydrogens is 332 g/mol. The Balaban J connectivity index is 1.86. The first-order valence-electron chi connectivity index (χ1n) is 8.80. The number of nitro groups is 1. The Morgan fingerprint density at radius 2 is 2.08 bits per heavy atom. The molecule has 0 amide bonds. The number of benzene rings is 1. The highest BCUT2D eigenvalue weighted by atomic mass is 16.6. The number of aromatic nitrogens is 2. The van der Waals surface area contributed by atoms with Crippen molar-refractivity contribution in [2.24, 2.45) is 5.92 Å². The number of piperidine rings is 1. The lowest BCUT2D eigenvalue weighted by Gasteiger charge is -2.31. The second-order valence-electron chi connectivity index (χ2n) is 6.89. The second-order valence-corrected chi connectivity index (χ2v) is 6.89. The highest BCUT2D eigenvalue weighted by Gasteiger charge is 2.29. The van der Waals surface area contributed by atoms with Crippen LogP contribution in [0.15, 0.2) is 24.3 Å². The Kier molecular flexibility index (Phi) is 5.20. The van der Waals surface area contributed by atoms with E-state index < -0.39 is 4.92 Å². The summed E-state index contributed by atoms with van der Waals surface area (Å²) >= 11 is 0. The molecular formula is C18H24N6O2. The Morgan fingerprint density at radius 3 is 2.73 bits per heavy atom. The van der Waals surface area contributed by atoms with E-state index in [1.807, 2.05) is 36.1 Å². The molecule has 0 bridgehead atoms. The van der Waals surface area contributed by atoms with Gasteiger partial charge in [-0.25, -0.2) is 0 Å². The van der Waals surface area contributed by atoms with Crippen molar-refractivity contribution in [2.45, 2.75) is 33.2 Å². The smallest absolute Gasteiger partial charge is 0.353 e. The molecule has 1 aliphatic rings. The average molecular weight is 356 g/mol. The minimum Gasteiger partial charge on any atom is -0.378 e. The first kappa shape index (κ1) is 17.9. The summed E-state index contributed by atoms with van der Waals surface area (Å²) in [5.41, 5.74) is 7.95. The highest BCUT2D eigenvalue weighted by molar-refractivity contribution is 5.71. The zero-order valence-electron chi connectivity index (χ0n) is 15.1. The summed E-state index contributed by atoms with van der Waals surface area (Å²) < 4.78 is 0. The van der Waals surface area contributed by atoms with E-state index in [9.17, 15) is 10.1 Å². The van der Waals surface area contributed by atoms with Crippen LogP contribution in [0.5, 0.6) is 0 Å². The lowest BCUT2D eigenvalue weighted by atomic mass is 10.0. The Bertz CT molecular complexity index is 793. The number of hydrogen-bond donors (Lipinski definition) is 2. The third kappa shape index (κ3) is 4.01. The molecule has 2 aromatic rings. The molecule has 0 saturated carbocycles. The van der Waals surface area contributed by atoms with Crippen molar-refractivity contribution in [3.8, 4) is 0 Å². The lowest BCUT2D eigenvalue weighted by Crippen LogP contribution is -2.35. The minimum absolute atomic E-state index is 0.107. The number of nitrogens with one attached hydrogen (secondary N) is 1. The predicted molar refractivity (Wildman–Crippen MR) is 102 cm³/mol. The van der Waals surface area contributed by atoms with Crippen LogP contribution in [-0.4, -0.2) is 28.0 Å². The average Bonchev–Trinajstić information content (AvgIpc) is 2.60. The van der Waals surface area contributed by atoms with E-state index in [4.69, 9.17) is 5.73 Å². The number of rotatable bonds is 5. The van der Waals surface area contributed by atoms with Crippen LogP contribution >= 0.6 is 0 Å². The van der Waals surface area contributed by atoms with E-state index >= 15 is 0 Å². The molecule has 1 aromatic carbocycles. The van der Waals surface area contributed by atoms with Crippen molar-refractivity contribution in [3.63, 3.8) is 0 Å². The standard InChI is InChI=1S/C18H24N6O2/c1-12-5-7-14(8-6-12)10-20-18-21-16(19)15(24(25)26)17(22-18)23-9-3-4-13(2)11-23/h5-8,13H,3-4,9-11H2,1-2H3,(H3,19,20,21,22). The van der Waals surface area contributed by atoms with Gasteiger partial charge in [0, 0.05) is 19.6 Å². The van der Waals surface area contributed by atoms with E-state index in [2.05, 4.69) is 22.2 Å². The molecule has 1 atom stereocenters. The van der Waals surface area contributed by atoms with Crippen LogP contribution in [0.2, 0.25) is 0 Å². The maximum atomic E-state index is 11.5. The van der Waals surface area contributed by atoms with Gasteiger partial charge in [-0.05, 0) is 31.2 Å². The molecule has 1 aliphatic heterocycles. The van der Waals surface area contributed by atoms with E-state index in [1.165, 1.54) is 5.56 Å². The highest BCUT2D eigenvalue weighted by Crippen LogP contribution is 2.34. The van der Waals surface area contributed by atoms with Gasteiger partial charge in [-0.3, -0.25) is 10.1 Å². The van der Waals surface area contributed by atoms with Crippen LogP contribution in [0.4, 0.5) is 23.3 Å². The van der Waals surface area contributed by atoms with Crippen LogP contribution in [0.25, 0.3) is 0 Å². The van der Waals surface area contributed by atoms with E-state index in [0.29, 0.717) is 24.2 Å². The van der Waals surface area contributed by atoms with Crippen molar-refractivity contribution >= 4 is 23.3 Å². The van der Waals surface area contributed by atoms with Gasteiger partial charge in [-0.1, -0.05) is 36.8 Å². The molecule has 1 fully saturated rings. The van der Waals surface area contributed by atoms with Crippen LogP contribution < -0.4 is 16.0 Å². The molecule has 1 aromatic heterocycles. The van der Waals surface area contributed by atoms with Gasteiger partial charge in [-0.15, -0.1) is 0 Å². The van der Waals surface area contributed by atoms with Gasteiger partial charge in [0.2, 0.25) is 17.6 Å². The second kappa shape index (κ2) is 7.55. The molecule has 8 heteroatoms. The fourth-order valence-electron chi connectivity index (χ4n) is 3.20. The van der Waals surface area contributed by atoms with Gasteiger partial charge in [0.05, 0.1) is 4.92 Å². The molecule has 2 heterocycles. The summed E-state index contributed by atoms with van der Waals surface area (Å²) in [5.74, 6) is 0.968. The largest absolute Gasteiger partial charge is 0.378 e. The first-order valence-corrected chi connectivity index (χ1v) is 8.80. The predicted octanol–water partition coefficient (Wildman–Crippen LogP) is 3.12. The van der Waals surface area contributed by atoms with Gasteiger partial charge in [0.25, 0.3) is 0 Å². The lowest BCUT2D eigenvalue weighted by molar-refractivity contribution is -0.383. The number of nitrogens with zero attached hydrogens (tertiary/aromatic N) is 4. The number of nitrogens with two attached hydrogens (primary N) is 1. The Labute approximate surface area is 152 Å². The van der Waals surface area contributed by atoms with Gasteiger partial charge < -0.3 is 16.0 Å². The van der Waals surface area contributed by atoms with E-state index in [1.54, 1.807) is 0 Å². The van der Waals surface area contributed by atoms with E-state index in [0.717, 1.165) is 31.5 Å². The topological polar surface area (TPSA) is 110 Å². The minimum atomic E-state index is -0.492. The quantitative estimate of drug-likeness (QED) is 0.625. The zero-order valence-corrected chi connectivity index (χ0v) is 15.1. The van der Waals surface area contributed by atoms with Crippen molar-refractivity contribution in [1.29, 1.82) is 0 Å². The van der Waals surface area contributed by atoms with Crippen LogP contribution in [-0.2, 0) is 6.54 Å².